The normalized spacial score (nSPS) is 10.3. The molecule has 2 aromatic heterocycles. The number of aromatic amines is 1. The maximum Gasteiger partial charge on any atom is 0.251 e. The van der Waals surface area contributed by atoms with E-state index in [1.165, 1.54) is 10.6 Å². The second-order valence-corrected chi connectivity index (χ2v) is 4.33. The van der Waals surface area contributed by atoms with Crippen molar-refractivity contribution in [2.45, 2.75) is 13.1 Å². The van der Waals surface area contributed by atoms with Crippen LogP contribution in [0.1, 0.15) is 5.82 Å². The SMILES string of the molecule is O=C(Cn1cc(Br)ccc1=O)NCc1nn[nH]n1. The molecule has 0 spiro atoms. The second-order valence-electron chi connectivity index (χ2n) is 3.42. The summed E-state index contributed by atoms with van der Waals surface area (Å²) in [5.41, 5.74) is -0.243. The van der Waals surface area contributed by atoms with E-state index in [2.05, 4.69) is 41.9 Å². The van der Waals surface area contributed by atoms with Gasteiger partial charge in [-0.1, -0.05) is 5.21 Å². The molecule has 0 bridgehead atoms. The van der Waals surface area contributed by atoms with Gasteiger partial charge in [-0.05, 0) is 22.0 Å². The van der Waals surface area contributed by atoms with Gasteiger partial charge in [0.15, 0.2) is 5.82 Å². The Hall–Kier alpha value is -2.03. The van der Waals surface area contributed by atoms with Crippen molar-refractivity contribution in [3.05, 3.63) is 39.0 Å². The van der Waals surface area contributed by atoms with E-state index in [4.69, 9.17) is 0 Å². The van der Waals surface area contributed by atoms with Gasteiger partial charge in [0.05, 0.1) is 6.54 Å². The molecule has 9 heteroatoms. The van der Waals surface area contributed by atoms with Crippen LogP contribution in [0.25, 0.3) is 0 Å². The minimum Gasteiger partial charge on any atom is -0.347 e. The minimum atomic E-state index is -0.306. The summed E-state index contributed by atoms with van der Waals surface area (Å²) in [5, 5.41) is 15.6. The molecular weight excluding hydrogens is 304 g/mol. The van der Waals surface area contributed by atoms with E-state index in [-0.39, 0.29) is 24.6 Å². The highest BCUT2D eigenvalue weighted by Crippen LogP contribution is 2.04. The van der Waals surface area contributed by atoms with Crippen LogP contribution in [0, 0.1) is 0 Å². The first-order valence-corrected chi connectivity index (χ1v) is 5.79. The molecule has 8 nitrogen and oxygen atoms in total. The molecule has 0 saturated carbocycles. The molecule has 0 aliphatic carbocycles. The summed E-state index contributed by atoms with van der Waals surface area (Å²) in [6.07, 6.45) is 1.55. The van der Waals surface area contributed by atoms with Crippen molar-refractivity contribution in [2.24, 2.45) is 0 Å². The number of carbonyl (C=O) groups excluding carboxylic acids is 1. The van der Waals surface area contributed by atoms with Crippen molar-refractivity contribution in [1.82, 2.24) is 30.5 Å². The molecule has 0 fully saturated rings. The molecule has 0 aliphatic rings. The number of hydrogen-bond donors (Lipinski definition) is 2. The number of H-pyrrole nitrogens is 1. The van der Waals surface area contributed by atoms with Crippen LogP contribution in [0.4, 0.5) is 0 Å². The van der Waals surface area contributed by atoms with Crippen molar-refractivity contribution < 1.29 is 4.79 Å². The first kappa shape index (κ1) is 12.4. The Morgan fingerprint density at radius 1 is 1.50 bits per heavy atom. The fourth-order valence-electron chi connectivity index (χ4n) is 1.27. The maximum atomic E-state index is 11.6. The molecule has 0 saturated heterocycles. The summed E-state index contributed by atoms with van der Waals surface area (Å²) in [6.45, 7) is 0.105. The van der Waals surface area contributed by atoms with Gasteiger partial charge in [-0.15, -0.1) is 10.2 Å². The third-order valence-electron chi connectivity index (χ3n) is 2.09. The lowest BCUT2D eigenvalue weighted by atomic mass is 10.4. The minimum absolute atomic E-state index is 0.0594. The molecule has 18 heavy (non-hydrogen) atoms. The number of tetrazole rings is 1. The lowest BCUT2D eigenvalue weighted by molar-refractivity contribution is -0.121. The number of amides is 1. The predicted molar refractivity (Wildman–Crippen MR) is 64.4 cm³/mol. The van der Waals surface area contributed by atoms with Gasteiger partial charge in [-0.3, -0.25) is 9.59 Å². The number of nitrogens with one attached hydrogen (secondary N) is 2. The number of pyridine rings is 1. The number of carbonyl (C=O) groups is 1. The number of aromatic nitrogens is 5. The van der Waals surface area contributed by atoms with Crippen molar-refractivity contribution >= 4 is 21.8 Å². The fourth-order valence-corrected chi connectivity index (χ4v) is 1.65. The third kappa shape index (κ3) is 3.23. The molecule has 0 aliphatic heterocycles. The van der Waals surface area contributed by atoms with Crippen LogP contribution in [0.15, 0.2) is 27.6 Å². The Morgan fingerprint density at radius 3 is 3.06 bits per heavy atom. The van der Waals surface area contributed by atoms with Crippen molar-refractivity contribution in [2.75, 3.05) is 0 Å². The van der Waals surface area contributed by atoms with E-state index in [0.717, 1.165) is 4.47 Å². The number of hydrogen-bond acceptors (Lipinski definition) is 5. The zero-order valence-corrected chi connectivity index (χ0v) is 10.7. The summed E-state index contributed by atoms with van der Waals surface area (Å²) in [4.78, 5) is 23.1. The number of halogens is 1. The average Bonchev–Trinajstić information content (AvgIpc) is 2.84. The van der Waals surface area contributed by atoms with Gasteiger partial charge in [0, 0.05) is 16.7 Å². The van der Waals surface area contributed by atoms with E-state index in [9.17, 15) is 9.59 Å². The molecular formula is C9H9BrN6O2. The Balaban J connectivity index is 1.95. The molecule has 2 rings (SSSR count). The van der Waals surface area contributed by atoms with Gasteiger partial charge in [0.2, 0.25) is 5.91 Å². The fraction of sp³-hybridized carbons (Fsp3) is 0.222. The highest BCUT2D eigenvalue weighted by molar-refractivity contribution is 9.10. The van der Waals surface area contributed by atoms with Gasteiger partial charge in [-0.2, -0.15) is 5.21 Å². The Bertz CT molecular complexity index is 593. The van der Waals surface area contributed by atoms with Crippen molar-refractivity contribution in [3.63, 3.8) is 0 Å². The number of rotatable bonds is 4. The van der Waals surface area contributed by atoms with E-state index in [1.807, 2.05) is 0 Å². The Morgan fingerprint density at radius 2 is 2.33 bits per heavy atom. The second kappa shape index (κ2) is 5.54. The molecule has 0 atom stereocenters. The van der Waals surface area contributed by atoms with Crippen LogP contribution in [-0.2, 0) is 17.9 Å². The lowest BCUT2D eigenvalue weighted by Crippen LogP contribution is -2.31. The van der Waals surface area contributed by atoms with Crippen LogP contribution >= 0.6 is 15.9 Å². The topological polar surface area (TPSA) is 106 Å². The van der Waals surface area contributed by atoms with E-state index in [1.54, 1.807) is 12.3 Å². The molecule has 2 N–H and O–H groups in total. The van der Waals surface area contributed by atoms with Crippen LogP contribution in [0.5, 0.6) is 0 Å². The van der Waals surface area contributed by atoms with Crippen molar-refractivity contribution in [3.8, 4) is 0 Å². The van der Waals surface area contributed by atoms with E-state index < -0.39 is 0 Å². The zero-order chi connectivity index (χ0) is 13.0. The average molecular weight is 313 g/mol. The summed E-state index contributed by atoms with van der Waals surface area (Å²) < 4.78 is 2.03. The first-order chi connectivity index (χ1) is 8.65. The Labute approximate surface area is 110 Å². The summed E-state index contributed by atoms with van der Waals surface area (Å²) in [5.74, 6) is 0.0740. The molecule has 0 unspecified atom stereocenters. The summed E-state index contributed by atoms with van der Waals surface area (Å²) in [7, 11) is 0. The van der Waals surface area contributed by atoms with Crippen LogP contribution in [-0.4, -0.2) is 31.1 Å². The highest BCUT2D eigenvalue weighted by atomic mass is 79.9. The van der Waals surface area contributed by atoms with Gasteiger partial charge in [0.1, 0.15) is 6.54 Å². The van der Waals surface area contributed by atoms with Crippen LogP contribution in [0.2, 0.25) is 0 Å². The van der Waals surface area contributed by atoms with Gasteiger partial charge in [-0.25, -0.2) is 0 Å². The van der Waals surface area contributed by atoms with Crippen LogP contribution in [0.3, 0.4) is 0 Å². The van der Waals surface area contributed by atoms with Gasteiger partial charge in [0.25, 0.3) is 5.56 Å². The van der Waals surface area contributed by atoms with E-state index >= 15 is 0 Å². The summed E-state index contributed by atoms with van der Waals surface area (Å²) >= 11 is 3.23. The third-order valence-corrected chi connectivity index (χ3v) is 2.56. The maximum absolute atomic E-state index is 11.6. The monoisotopic (exact) mass is 312 g/mol. The Kier molecular flexibility index (Phi) is 3.82. The molecule has 0 radical (unpaired) electrons. The van der Waals surface area contributed by atoms with E-state index in [0.29, 0.717) is 5.82 Å². The predicted octanol–water partition coefficient (Wildman–Crippen LogP) is -0.560. The molecule has 2 heterocycles. The summed E-state index contributed by atoms with van der Waals surface area (Å²) in [6, 6.07) is 3.01. The lowest BCUT2D eigenvalue weighted by Gasteiger charge is -2.05. The highest BCUT2D eigenvalue weighted by Gasteiger charge is 2.06. The molecule has 0 aromatic carbocycles. The van der Waals surface area contributed by atoms with Crippen molar-refractivity contribution in [1.29, 1.82) is 0 Å². The molecule has 2 aromatic rings. The van der Waals surface area contributed by atoms with Gasteiger partial charge < -0.3 is 9.88 Å². The molecule has 94 valence electrons. The van der Waals surface area contributed by atoms with Gasteiger partial charge >= 0.3 is 0 Å². The first-order valence-electron chi connectivity index (χ1n) is 5.00. The largest absolute Gasteiger partial charge is 0.347 e. The van der Waals surface area contributed by atoms with Crippen LogP contribution < -0.4 is 10.9 Å². The smallest absolute Gasteiger partial charge is 0.251 e. The number of nitrogens with zero attached hydrogens (tertiary/aromatic N) is 4. The zero-order valence-electron chi connectivity index (χ0n) is 9.13. The quantitative estimate of drug-likeness (QED) is 0.787. The standard InChI is InChI=1S/C9H9BrN6O2/c10-6-1-2-9(18)16(4-6)5-8(17)11-3-7-12-14-15-13-7/h1-2,4H,3,5H2,(H,11,17)(H,12,13,14,15). The molecule has 1 amide bonds.